The van der Waals surface area contributed by atoms with E-state index in [0.717, 1.165) is 51.4 Å². The highest BCUT2D eigenvalue weighted by Gasteiger charge is 2.62. The summed E-state index contributed by atoms with van der Waals surface area (Å²) in [6.07, 6.45) is 8.83. The number of hydrogen-bond donors (Lipinski definition) is 0. The first-order valence-electron chi connectivity index (χ1n) is 12.2. The van der Waals surface area contributed by atoms with E-state index in [4.69, 9.17) is 37.9 Å². The summed E-state index contributed by atoms with van der Waals surface area (Å²) in [5.74, 6) is -0.960. The largest absolute Gasteiger partial charge is 0.382 e. The second kappa shape index (κ2) is 9.50. The van der Waals surface area contributed by atoms with Gasteiger partial charge in [-0.05, 0) is 32.6 Å². The van der Waals surface area contributed by atoms with Gasteiger partial charge in [-0.15, -0.1) is 0 Å². The minimum atomic E-state index is -0.555. The lowest BCUT2D eigenvalue weighted by Crippen LogP contribution is -2.43. The Balaban J connectivity index is 1.28. The molecule has 5 fully saturated rings. The van der Waals surface area contributed by atoms with Crippen LogP contribution in [0.2, 0.25) is 0 Å². The van der Waals surface area contributed by atoms with Crippen LogP contribution in [0.25, 0.3) is 0 Å². The third kappa shape index (κ3) is 4.68. The molecule has 0 aromatic heterocycles. The zero-order valence-corrected chi connectivity index (χ0v) is 18.9. The maximum Gasteiger partial charge on any atom is 0.190 e. The van der Waals surface area contributed by atoms with Crippen LogP contribution < -0.4 is 0 Å². The van der Waals surface area contributed by atoms with Crippen LogP contribution in [0.1, 0.15) is 71.1 Å². The highest BCUT2D eigenvalue weighted by Crippen LogP contribution is 2.49. The standard InChI is InChI=1S/C23H38O8/c1-16(25-14-13-24-2)27-21-20-19(30-23(31-20)11-7-4-8-12-23)18(28-21)17-15-26-22(29-17)9-5-3-6-10-22/h16-21H,3-15H2,1-2H3/t16?,17?,18-,19+,20+,21?/m1/s1. The van der Waals surface area contributed by atoms with Gasteiger partial charge in [0.1, 0.15) is 24.4 Å². The van der Waals surface area contributed by atoms with E-state index in [2.05, 4.69) is 0 Å². The van der Waals surface area contributed by atoms with Gasteiger partial charge in [-0.1, -0.05) is 12.8 Å². The Morgan fingerprint density at radius 3 is 2.19 bits per heavy atom. The zero-order valence-electron chi connectivity index (χ0n) is 18.9. The van der Waals surface area contributed by atoms with Gasteiger partial charge in [-0.3, -0.25) is 0 Å². The van der Waals surface area contributed by atoms with E-state index in [9.17, 15) is 0 Å². The molecule has 178 valence electrons. The predicted molar refractivity (Wildman–Crippen MR) is 109 cm³/mol. The Labute approximate surface area is 185 Å². The summed E-state index contributed by atoms with van der Waals surface area (Å²) >= 11 is 0. The molecule has 0 aromatic rings. The van der Waals surface area contributed by atoms with Crippen LogP contribution in [0.3, 0.4) is 0 Å². The van der Waals surface area contributed by atoms with E-state index in [0.29, 0.717) is 19.8 Å². The molecule has 0 amide bonds. The Bertz CT molecular complexity index is 588. The number of ether oxygens (including phenoxy) is 8. The third-order valence-electron chi connectivity index (χ3n) is 7.35. The van der Waals surface area contributed by atoms with E-state index in [-0.39, 0.29) is 24.4 Å². The summed E-state index contributed by atoms with van der Waals surface area (Å²) in [5, 5.41) is 0. The normalized spacial score (nSPS) is 39.9. The molecule has 8 nitrogen and oxygen atoms in total. The number of methoxy groups -OCH3 is 1. The quantitative estimate of drug-likeness (QED) is 0.439. The average molecular weight is 443 g/mol. The van der Waals surface area contributed by atoms with Crippen molar-refractivity contribution < 1.29 is 37.9 Å². The summed E-state index contributed by atoms with van der Waals surface area (Å²) in [5.41, 5.74) is 0. The predicted octanol–water partition coefficient (Wildman–Crippen LogP) is 3.26. The lowest BCUT2D eigenvalue weighted by atomic mass is 9.94. The lowest BCUT2D eigenvalue weighted by Gasteiger charge is -2.35. The van der Waals surface area contributed by atoms with Crippen LogP contribution in [-0.4, -0.2) is 75.5 Å². The molecule has 3 unspecified atom stereocenters. The summed E-state index contributed by atoms with van der Waals surface area (Å²) in [6, 6.07) is 0. The Kier molecular flexibility index (Phi) is 6.89. The van der Waals surface area contributed by atoms with Gasteiger partial charge >= 0.3 is 0 Å². The van der Waals surface area contributed by atoms with E-state index in [1.807, 2.05) is 6.92 Å². The van der Waals surface area contributed by atoms with Crippen LogP contribution in [0.4, 0.5) is 0 Å². The Hall–Kier alpha value is -0.320. The van der Waals surface area contributed by atoms with Crippen molar-refractivity contribution in [3.63, 3.8) is 0 Å². The highest BCUT2D eigenvalue weighted by molar-refractivity contribution is 5.02. The van der Waals surface area contributed by atoms with Gasteiger partial charge < -0.3 is 37.9 Å². The SMILES string of the molecule is COCCOC(C)OC1O[C@H](C2COC3(CCCCC3)O2)[C@@H]2OC3(CCCCC3)O[C@H]12. The van der Waals surface area contributed by atoms with Crippen LogP contribution >= 0.6 is 0 Å². The molecule has 31 heavy (non-hydrogen) atoms. The molecule has 3 saturated heterocycles. The van der Waals surface area contributed by atoms with Crippen LogP contribution in [-0.2, 0) is 37.9 Å². The van der Waals surface area contributed by atoms with Gasteiger partial charge in [0, 0.05) is 32.8 Å². The monoisotopic (exact) mass is 442 g/mol. The number of hydrogen-bond acceptors (Lipinski definition) is 8. The van der Waals surface area contributed by atoms with Crippen molar-refractivity contribution >= 4 is 0 Å². The van der Waals surface area contributed by atoms with Gasteiger partial charge in [0.25, 0.3) is 0 Å². The van der Waals surface area contributed by atoms with Crippen LogP contribution in [0.5, 0.6) is 0 Å². The molecule has 2 aliphatic carbocycles. The van der Waals surface area contributed by atoms with Crippen LogP contribution in [0, 0.1) is 0 Å². The summed E-state index contributed by atoms with van der Waals surface area (Å²) in [6.45, 7) is 3.38. The van der Waals surface area contributed by atoms with E-state index in [1.165, 1.54) is 12.8 Å². The molecule has 3 heterocycles. The lowest BCUT2D eigenvalue weighted by molar-refractivity contribution is -0.296. The van der Waals surface area contributed by atoms with Gasteiger partial charge in [0.15, 0.2) is 24.2 Å². The summed E-state index contributed by atoms with van der Waals surface area (Å²) in [7, 11) is 1.65. The van der Waals surface area contributed by atoms with Crippen molar-refractivity contribution in [2.45, 2.75) is 120 Å². The first-order valence-corrected chi connectivity index (χ1v) is 12.2. The van der Waals surface area contributed by atoms with Crippen molar-refractivity contribution in [2.75, 3.05) is 26.9 Å². The topological polar surface area (TPSA) is 73.8 Å². The van der Waals surface area contributed by atoms with E-state index >= 15 is 0 Å². The molecule has 5 rings (SSSR count). The molecule has 2 saturated carbocycles. The van der Waals surface area contributed by atoms with E-state index in [1.54, 1.807) is 7.11 Å². The molecule has 8 heteroatoms. The first kappa shape index (κ1) is 22.5. The maximum atomic E-state index is 6.60. The molecular weight excluding hydrogens is 404 g/mol. The summed E-state index contributed by atoms with van der Waals surface area (Å²) < 4.78 is 49.1. The molecular formula is C23H38O8. The third-order valence-corrected chi connectivity index (χ3v) is 7.35. The van der Waals surface area contributed by atoms with Gasteiger partial charge in [-0.25, -0.2) is 0 Å². The summed E-state index contributed by atoms with van der Waals surface area (Å²) in [4.78, 5) is 0. The maximum absolute atomic E-state index is 6.60. The fourth-order valence-electron chi connectivity index (χ4n) is 5.78. The fraction of sp³-hybridized carbons (Fsp3) is 1.00. The van der Waals surface area contributed by atoms with Crippen molar-refractivity contribution in [1.82, 2.24) is 0 Å². The minimum Gasteiger partial charge on any atom is -0.382 e. The average Bonchev–Trinajstić information content (AvgIpc) is 3.43. The fourth-order valence-corrected chi connectivity index (χ4v) is 5.78. The van der Waals surface area contributed by atoms with E-state index < -0.39 is 24.2 Å². The Morgan fingerprint density at radius 2 is 1.48 bits per heavy atom. The zero-order chi connectivity index (χ0) is 21.3. The number of rotatable bonds is 7. The molecule has 0 bridgehead atoms. The molecule has 0 aromatic carbocycles. The molecule has 0 radical (unpaired) electrons. The van der Waals surface area contributed by atoms with Crippen molar-refractivity contribution in [3.8, 4) is 0 Å². The molecule has 3 aliphatic heterocycles. The van der Waals surface area contributed by atoms with Crippen molar-refractivity contribution in [1.29, 1.82) is 0 Å². The molecule has 0 N–H and O–H groups in total. The van der Waals surface area contributed by atoms with Crippen LogP contribution in [0.15, 0.2) is 0 Å². The van der Waals surface area contributed by atoms with Crippen molar-refractivity contribution in [2.24, 2.45) is 0 Å². The Morgan fingerprint density at radius 1 is 0.806 bits per heavy atom. The minimum absolute atomic E-state index is 0.175. The smallest absolute Gasteiger partial charge is 0.190 e. The van der Waals surface area contributed by atoms with Crippen molar-refractivity contribution in [3.05, 3.63) is 0 Å². The second-order valence-electron chi connectivity index (χ2n) is 9.61. The van der Waals surface area contributed by atoms with Gasteiger partial charge in [-0.2, -0.15) is 0 Å². The molecule has 6 atom stereocenters. The molecule has 2 spiro atoms. The van der Waals surface area contributed by atoms with Gasteiger partial charge in [0.2, 0.25) is 0 Å². The molecule has 5 aliphatic rings. The first-order chi connectivity index (χ1) is 15.1. The number of fused-ring (bicyclic) bond motifs is 1. The highest BCUT2D eigenvalue weighted by atomic mass is 16.8. The van der Waals surface area contributed by atoms with Gasteiger partial charge in [0.05, 0.1) is 19.8 Å². The second-order valence-corrected chi connectivity index (χ2v) is 9.61.